The Morgan fingerprint density at radius 1 is 1.16 bits per heavy atom. The van der Waals surface area contributed by atoms with E-state index in [4.69, 9.17) is 4.42 Å². The van der Waals surface area contributed by atoms with Crippen molar-refractivity contribution in [3.05, 3.63) is 54.0 Å². The molecule has 2 aromatic rings. The number of carbonyl (C=O) groups excluding carboxylic acids is 1. The van der Waals surface area contributed by atoms with Gasteiger partial charge in [-0.2, -0.15) is 0 Å². The number of nitrogens with one attached hydrogen (secondary N) is 3. The molecule has 1 atom stereocenters. The number of aliphatic imine (C=N–C) groups is 1. The van der Waals surface area contributed by atoms with E-state index in [1.165, 1.54) is 6.26 Å². The Hall–Kier alpha value is -2.76. The number of benzene rings is 1. The Kier molecular flexibility index (Phi) is 6.62. The van der Waals surface area contributed by atoms with Crippen LogP contribution in [0, 0.1) is 5.92 Å². The van der Waals surface area contributed by atoms with Gasteiger partial charge in [-0.3, -0.25) is 9.79 Å². The SMILES string of the molecule is CN=C(NCc1ccc(NC(=O)c2ccco2)cc1)NC(C)C(C)C. The van der Waals surface area contributed by atoms with Gasteiger partial charge in [-0.15, -0.1) is 0 Å². The number of rotatable bonds is 6. The number of amides is 1. The van der Waals surface area contributed by atoms with Crippen molar-refractivity contribution in [2.45, 2.75) is 33.4 Å². The number of anilines is 1. The molecule has 1 unspecified atom stereocenters. The van der Waals surface area contributed by atoms with Crippen LogP contribution in [-0.4, -0.2) is 25.0 Å². The lowest BCUT2D eigenvalue weighted by atomic mass is 10.1. The second-order valence-electron chi connectivity index (χ2n) is 6.23. The van der Waals surface area contributed by atoms with Crippen molar-refractivity contribution >= 4 is 17.6 Å². The van der Waals surface area contributed by atoms with E-state index in [0.29, 0.717) is 24.3 Å². The molecule has 1 amide bonds. The van der Waals surface area contributed by atoms with Crippen LogP contribution in [0.25, 0.3) is 0 Å². The molecule has 2 rings (SSSR count). The predicted molar refractivity (Wildman–Crippen MR) is 101 cm³/mol. The van der Waals surface area contributed by atoms with Crippen LogP contribution in [0.5, 0.6) is 0 Å². The van der Waals surface area contributed by atoms with Crippen LogP contribution in [0.3, 0.4) is 0 Å². The minimum Gasteiger partial charge on any atom is -0.459 e. The molecule has 0 saturated carbocycles. The molecule has 0 aliphatic heterocycles. The molecule has 1 heterocycles. The summed E-state index contributed by atoms with van der Waals surface area (Å²) in [6.45, 7) is 7.12. The van der Waals surface area contributed by atoms with Crippen molar-refractivity contribution < 1.29 is 9.21 Å². The Morgan fingerprint density at radius 3 is 2.44 bits per heavy atom. The molecule has 0 saturated heterocycles. The van der Waals surface area contributed by atoms with Crippen LogP contribution in [0.4, 0.5) is 5.69 Å². The van der Waals surface area contributed by atoms with E-state index in [1.807, 2.05) is 24.3 Å². The van der Waals surface area contributed by atoms with E-state index < -0.39 is 0 Å². The molecule has 0 radical (unpaired) electrons. The molecule has 25 heavy (non-hydrogen) atoms. The van der Waals surface area contributed by atoms with E-state index in [1.54, 1.807) is 19.2 Å². The van der Waals surface area contributed by atoms with Gasteiger partial charge in [-0.25, -0.2) is 0 Å². The summed E-state index contributed by atoms with van der Waals surface area (Å²) in [4.78, 5) is 16.2. The second kappa shape index (κ2) is 8.92. The molecular formula is C19H26N4O2. The van der Waals surface area contributed by atoms with Gasteiger partial charge in [0.05, 0.1) is 6.26 Å². The fourth-order valence-corrected chi connectivity index (χ4v) is 2.07. The fraction of sp³-hybridized carbons (Fsp3) is 0.368. The minimum absolute atomic E-state index is 0.261. The first-order valence-corrected chi connectivity index (χ1v) is 8.40. The van der Waals surface area contributed by atoms with Crippen LogP contribution >= 0.6 is 0 Å². The molecule has 0 spiro atoms. The molecule has 1 aromatic heterocycles. The van der Waals surface area contributed by atoms with E-state index in [2.05, 4.69) is 41.7 Å². The largest absolute Gasteiger partial charge is 0.459 e. The maximum atomic E-state index is 11.9. The van der Waals surface area contributed by atoms with Gasteiger partial charge in [0.1, 0.15) is 0 Å². The lowest BCUT2D eigenvalue weighted by molar-refractivity contribution is 0.0996. The Morgan fingerprint density at radius 2 is 1.88 bits per heavy atom. The first-order chi connectivity index (χ1) is 12.0. The zero-order chi connectivity index (χ0) is 18.2. The molecule has 134 valence electrons. The van der Waals surface area contributed by atoms with Crippen molar-refractivity contribution in [1.82, 2.24) is 10.6 Å². The molecule has 0 aliphatic rings. The molecule has 6 nitrogen and oxygen atoms in total. The zero-order valence-electron chi connectivity index (χ0n) is 15.2. The number of furan rings is 1. The standard InChI is InChI=1S/C19H26N4O2/c1-13(2)14(3)22-19(20-4)21-12-15-7-9-16(10-8-15)23-18(24)17-6-5-11-25-17/h5-11,13-14H,12H2,1-4H3,(H,23,24)(H2,20,21,22). The van der Waals surface area contributed by atoms with Gasteiger partial charge in [0, 0.05) is 25.3 Å². The lowest BCUT2D eigenvalue weighted by Crippen LogP contribution is -2.43. The Balaban J connectivity index is 1.86. The van der Waals surface area contributed by atoms with Gasteiger partial charge >= 0.3 is 0 Å². The zero-order valence-corrected chi connectivity index (χ0v) is 15.2. The first kappa shape index (κ1) is 18.6. The van der Waals surface area contributed by atoms with E-state index >= 15 is 0 Å². The molecule has 3 N–H and O–H groups in total. The van der Waals surface area contributed by atoms with Crippen molar-refractivity contribution in [2.75, 3.05) is 12.4 Å². The first-order valence-electron chi connectivity index (χ1n) is 8.40. The molecule has 0 aliphatic carbocycles. The maximum absolute atomic E-state index is 11.9. The highest BCUT2D eigenvalue weighted by Crippen LogP contribution is 2.12. The van der Waals surface area contributed by atoms with Gasteiger partial charge in [0.25, 0.3) is 5.91 Å². The number of hydrogen-bond donors (Lipinski definition) is 3. The smallest absolute Gasteiger partial charge is 0.291 e. The summed E-state index contributed by atoms with van der Waals surface area (Å²) in [6, 6.07) is 11.3. The highest BCUT2D eigenvalue weighted by Gasteiger charge is 2.10. The van der Waals surface area contributed by atoms with Crippen LogP contribution < -0.4 is 16.0 Å². The molecule has 0 fully saturated rings. The highest BCUT2D eigenvalue weighted by molar-refractivity contribution is 6.02. The summed E-state index contributed by atoms with van der Waals surface area (Å²) < 4.78 is 5.07. The Bertz CT molecular complexity index is 691. The summed E-state index contributed by atoms with van der Waals surface area (Å²) in [5.41, 5.74) is 1.82. The summed E-state index contributed by atoms with van der Waals surface area (Å²) in [7, 11) is 1.76. The highest BCUT2D eigenvalue weighted by atomic mass is 16.3. The molecular weight excluding hydrogens is 316 g/mol. The van der Waals surface area contributed by atoms with Crippen molar-refractivity contribution in [1.29, 1.82) is 0 Å². The van der Waals surface area contributed by atoms with E-state index in [9.17, 15) is 4.79 Å². The minimum atomic E-state index is -0.261. The van der Waals surface area contributed by atoms with Gasteiger partial charge in [0.15, 0.2) is 11.7 Å². The number of hydrogen-bond acceptors (Lipinski definition) is 3. The average Bonchev–Trinajstić information content (AvgIpc) is 3.14. The number of nitrogens with zero attached hydrogens (tertiary/aromatic N) is 1. The number of carbonyl (C=O) groups is 1. The average molecular weight is 342 g/mol. The normalized spacial score (nSPS) is 12.8. The van der Waals surface area contributed by atoms with E-state index in [-0.39, 0.29) is 5.91 Å². The lowest BCUT2D eigenvalue weighted by Gasteiger charge is -2.20. The predicted octanol–water partition coefficient (Wildman–Crippen LogP) is 3.24. The van der Waals surface area contributed by atoms with Gasteiger partial charge in [-0.1, -0.05) is 26.0 Å². The third kappa shape index (κ3) is 5.67. The molecule has 1 aromatic carbocycles. The molecule has 0 bridgehead atoms. The van der Waals surface area contributed by atoms with Gasteiger partial charge in [-0.05, 0) is 42.7 Å². The molecule has 6 heteroatoms. The summed E-state index contributed by atoms with van der Waals surface area (Å²) in [5.74, 6) is 1.33. The van der Waals surface area contributed by atoms with Crippen LogP contribution in [0.15, 0.2) is 52.1 Å². The topological polar surface area (TPSA) is 78.7 Å². The van der Waals surface area contributed by atoms with Crippen molar-refractivity contribution in [3.8, 4) is 0 Å². The Labute approximate surface area is 148 Å². The van der Waals surface area contributed by atoms with Crippen LogP contribution in [-0.2, 0) is 6.54 Å². The monoisotopic (exact) mass is 342 g/mol. The van der Waals surface area contributed by atoms with Crippen LogP contribution in [0.2, 0.25) is 0 Å². The van der Waals surface area contributed by atoms with Gasteiger partial charge < -0.3 is 20.4 Å². The quantitative estimate of drug-likeness (QED) is 0.556. The van der Waals surface area contributed by atoms with Crippen molar-refractivity contribution in [3.63, 3.8) is 0 Å². The van der Waals surface area contributed by atoms with Gasteiger partial charge in [0.2, 0.25) is 0 Å². The maximum Gasteiger partial charge on any atom is 0.291 e. The summed E-state index contributed by atoms with van der Waals surface area (Å²) in [6.07, 6.45) is 1.48. The fourth-order valence-electron chi connectivity index (χ4n) is 2.07. The summed E-state index contributed by atoms with van der Waals surface area (Å²) >= 11 is 0. The third-order valence-electron chi connectivity index (χ3n) is 4.00. The summed E-state index contributed by atoms with van der Waals surface area (Å²) in [5, 5.41) is 9.45. The van der Waals surface area contributed by atoms with E-state index in [0.717, 1.165) is 17.2 Å². The van der Waals surface area contributed by atoms with Crippen LogP contribution in [0.1, 0.15) is 36.9 Å². The number of guanidine groups is 1. The third-order valence-corrected chi connectivity index (χ3v) is 4.00. The second-order valence-corrected chi connectivity index (χ2v) is 6.23. The van der Waals surface area contributed by atoms with Crippen molar-refractivity contribution in [2.24, 2.45) is 10.9 Å².